The lowest BCUT2D eigenvalue weighted by Crippen LogP contribution is -2.53. The average molecular weight is 482 g/mol. The molecule has 3 aromatic rings. The van der Waals surface area contributed by atoms with Gasteiger partial charge in [0, 0.05) is 44.8 Å². The van der Waals surface area contributed by atoms with E-state index in [1.165, 1.54) is 10.6 Å². The molecular formula is C25H25F2N5O3. The fraction of sp³-hybridized carbons (Fsp3) is 0.400. The number of hydrogen-bond donors (Lipinski definition) is 0. The number of halogens is 2. The molecule has 1 fully saturated rings. The summed E-state index contributed by atoms with van der Waals surface area (Å²) in [5, 5.41) is 9.35. The van der Waals surface area contributed by atoms with Crippen molar-refractivity contribution in [3.8, 4) is 17.6 Å². The van der Waals surface area contributed by atoms with E-state index in [0.717, 1.165) is 17.7 Å². The van der Waals surface area contributed by atoms with Crippen LogP contribution >= 0.6 is 0 Å². The highest BCUT2D eigenvalue weighted by Crippen LogP contribution is 2.42. The summed E-state index contributed by atoms with van der Waals surface area (Å²) in [6.07, 6.45) is -2.82. The van der Waals surface area contributed by atoms with Crippen molar-refractivity contribution in [2.45, 2.75) is 38.6 Å². The Bertz CT molecular complexity index is 1400. The number of ether oxygens (including phenoxy) is 2. The first-order chi connectivity index (χ1) is 16.7. The molecule has 10 heteroatoms. The summed E-state index contributed by atoms with van der Waals surface area (Å²) in [6, 6.07) is 12.0. The summed E-state index contributed by atoms with van der Waals surface area (Å²) in [7, 11) is 1.69. The highest BCUT2D eigenvalue weighted by Gasteiger charge is 2.43. The highest BCUT2D eigenvalue weighted by molar-refractivity contribution is 5.89. The van der Waals surface area contributed by atoms with Gasteiger partial charge in [0.15, 0.2) is 11.5 Å². The molecule has 0 spiro atoms. The van der Waals surface area contributed by atoms with Crippen LogP contribution in [-0.4, -0.2) is 46.4 Å². The van der Waals surface area contributed by atoms with Crippen molar-refractivity contribution in [1.82, 2.24) is 14.5 Å². The standard InChI is InChI=1S/C25H25F2N5O3/c1-4-18-14-31(15(2)16-5-8-21-22(11-16)35-25(26,27)34-21)9-10-32(18)20-12-23(33)30(3)19-7-6-17(13-28)29-24(19)20/h5-8,11-12,15,18H,4,9-10,14H2,1-3H3/t15?,18-/m0/s1. The maximum Gasteiger partial charge on any atom is 0.586 e. The first-order valence-electron chi connectivity index (χ1n) is 11.5. The Kier molecular flexibility index (Phi) is 5.60. The number of pyridine rings is 2. The second-order valence-electron chi connectivity index (χ2n) is 8.90. The van der Waals surface area contributed by atoms with Crippen molar-refractivity contribution >= 4 is 16.7 Å². The molecule has 2 aliphatic heterocycles. The molecule has 0 N–H and O–H groups in total. The van der Waals surface area contributed by atoms with Crippen molar-refractivity contribution in [1.29, 1.82) is 5.26 Å². The van der Waals surface area contributed by atoms with Crippen LogP contribution in [0, 0.1) is 11.3 Å². The monoisotopic (exact) mass is 481 g/mol. The SMILES string of the molecule is CC[C@H]1CN(C(C)c2ccc3c(c2)OC(F)(F)O3)CCN1c1cc(=O)n(C)c2ccc(C#N)nc12. The molecule has 4 heterocycles. The fourth-order valence-corrected chi connectivity index (χ4v) is 4.93. The molecular weight excluding hydrogens is 456 g/mol. The third-order valence-electron chi connectivity index (χ3n) is 6.93. The molecule has 35 heavy (non-hydrogen) atoms. The van der Waals surface area contributed by atoms with Gasteiger partial charge in [-0.3, -0.25) is 9.69 Å². The van der Waals surface area contributed by atoms with Crippen LogP contribution in [0.1, 0.15) is 37.6 Å². The number of hydrogen-bond acceptors (Lipinski definition) is 7. The van der Waals surface area contributed by atoms with Gasteiger partial charge >= 0.3 is 6.29 Å². The Hall–Kier alpha value is -3.71. The van der Waals surface area contributed by atoms with Gasteiger partial charge in [0.05, 0.1) is 11.2 Å². The number of alkyl halides is 2. The van der Waals surface area contributed by atoms with E-state index in [1.54, 1.807) is 37.4 Å². The summed E-state index contributed by atoms with van der Waals surface area (Å²) < 4.78 is 37.5. The molecule has 0 bridgehead atoms. The normalized spacial score (nSPS) is 20.1. The third-order valence-corrected chi connectivity index (χ3v) is 6.93. The lowest BCUT2D eigenvalue weighted by atomic mass is 10.0. The summed E-state index contributed by atoms with van der Waals surface area (Å²) in [6.45, 7) is 6.17. The molecule has 8 nitrogen and oxygen atoms in total. The number of aryl methyl sites for hydroxylation is 1. The number of nitriles is 1. The van der Waals surface area contributed by atoms with Crippen LogP contribution in [0.5, 0.6) is 11.5 Å². The fourth-order valence-electron chi connectivity index (χ4n) is 4.93. The molecule has 0 aliphatic carbocycles. The number of rotatable bonds is 4. The van der Waals surface area contributed by atoms with Crippen LogP contribution in [0.15, 0.2) is 41.2 Å². The molecule has 0 radical (unpaired) electrons. The molecule has 1 unspecified atom stereocenters. The molecule has 1 aromatic carbocycles. The minimum Gasteiger partial charge on any atom is -0.395 e. The number of fused-ring (bicyclic) bond motifs is 2. The predicted octanol–water partition coefficient (Wildman–Crippen LogP) is 3.79. The number of benzene rings is 1. The zero-order chi connectivity index (χ0) is 24.9. The van der Waals surface area contributed by atoms with E-state index >= 15 is 0 Å². The second-order valence-corrected chi connectivity index (χ2v) is 8.90. The van der Waals surface area contributed by atoms with Crippen molar-refractivity contribution in [2.75, 3.05) is 24.5 Å². The Balaban J connectivity index is 1.43. The van der Waals surface area contributed by atoms with Crippen LogP contribution in [0.4, 0.5) is 14.5 Å². The van der Waals surface area contributed by atoms with E-state index in [4.69, 9.17) is 0 Å². The van der Waals surface area contributed by atoms with Crippen LogP contribution in [0.3, 0.4) is 0 Å². The van der Waals surface area contributed by atoms with E-state index in [1.807, 2.05) is 6.92 Å². The summed E-state index contributed by atoms with van der Waals surface area (Å²) in [5.41, 5.74) is 3.04. The van der Waals surface area contributed by atoms with Gasteiger partial charge in [0.25, 0.3) is 5.56 Å². The minimum atomic E-state index is -3.64. The molecule has 0 saturated carbocycles. The van der Waals surface area contributed by atoms with E-state index in [0.29, 0.717) is 36.4 Å². The molecule has 1 saturated heterocycles. The summed E-state index contributed by atoms with van der Waals surface area (Å²) in [4.78, 5) is 21.7. The maximum absolute atomic E-state index is 13.4. The molecule has 2 aromatic heterocycles. The van der Waals surface area contributed by atoms with Crippen molar-refractivity contribution in [2.24, 2.45) is 7.05 Å². The Labute approximate surface area is 200 Å². The summed E-state index contributed by atoms with van der Waals surface area (Å²) in [5.74, 6) is 0.0694. The highest BCUT2D eigenvalue weighted by atomic mass is 19.3. The second kappa shape index (κ2) is 8.50. The Morgan fingerprint density at radius 1 is 1.20 bits per heavy atom. The molecule has 5 rings (SSSR count). The zero-order valence-electron chi connectivity index (χ0n) is 19.7. The van der Waals surface area contributed by atoms with Gasteiger partial charge < -0.3 is 18.9 Å². The largest absolute Gasteiger partial charge is 0.586 e. The van der Waals surface area contributed by atoms with Crippen LogP contribution in [0.25, 0.3) is 11.0 Å². The minimum absolute atomic E-state index is 0.0315. The van der Waals surface area contributed by atoms with Crippen molar-refractivity contribution in [3.63, 3.8) is 0 Å². The van der Waals surface area contributed by atoms with E-state index in [-0.39, 0.29) is 29.1 Å². The number of nitrogens with zero attached hydrogens (tertiary/aromatic N) is 5. The van der Waals surface area contributed by atoms with Gasteiger partial charge in [-0.1, -0.05) is 13.0 Å². The summed E-state index contributed by atoms with van der Waals surface area (Å²) >= 11 is 0. The first-order valence-corrected chi connectivity index (χ1v) is 11.5. The molecule has 182 valence electrons. The van der Waals surface area contributed by atoms with Crippen LogP contribution in [-0.2, 0) is 7.05 Å². The topological polar surface area (TPSA) is 83.6 Å². The third kappa shape index (κ3) is 4.06. The molecule has 2 aliphatic rings. The predicted molar refractivity (Wildman–Crippen MR) is 126 cm³/mol. The zero-order valence-corrected chi connectivity index (χ0v) is 19.7. The van der Waals surface area contributed by atoms with Crippen molar-refractivity contribution in [3.05, 3.63) is 58.0 Å². The number of aromatic nitrogens is 2. The smallest absolute Gasteiger partial charge is 0.395 e. The molecule has 2 atom stereocenters. The Morgan fingerprint density at radius 2 is 1.97 bits per heavy atom. The first kappa shape index (κ1) is 23.1. The van der Waals surface area contributed by atoms with Gasteiger partial charge in [-0.15, -0.1) is 8.78 Å². The van der Waals surface area contributed by atoms with Gasteiger partial charge in [-0.05, 0) is 43.2 Å². The van der Waals surface area contributed by atoms with Crippen LogP contribution < -0.4 is 19.9 Å². The van der Waals surface area contributed by atoms with Crippen LogP contribution in [0.2, 0.25) is 0 Å². The van der Waals surface area contributed by atoms with Crippen molar-refractivity contribution < 1.29 is 18.3 Å². The van der Waals surface area contributed by atoms with Gasteiger partial charge in [0.2, 0.25) is 0 Å². The van der Waals surface area contributed by atoms with E-state index in [2.05, 4.69) is 37.3 Å². The lowest BCUT2D eigenvalue weighted by Gasteiger charge is -2.45. The van der Waals surface area contributed by atoms with Gasteiger partial charge in [-0.2, -0.15) is 5.26 Å². The van der Waals surface area contributed by atoms with E-state index < -0.39 is 6.29 Å². The number of piperazine rings is 1. The molecule has 0 amide bonds. The van der Waals surface area contributed by atoms with E-state index in [9.17, 15) is 18.8 Å². The van der Waals surface area contributed by atoms with Gasteiger partial charge in [-0.25, -0.2) is 4.98 Å². The average Bonchev–Trinajstić information content (AvgIpc) is 3.18. The Morgan fingerprint density at radius 3 is 2.71 bits per heavy atom. The van der Waals surface area contributed by atoms with Gasteiger partial charge in [0.1, 0.15) is 17.3 Å². The maximum atomic E-state index is 13.4. The number of anilines is 1. The quantitative estimate of drug-likeness (QED) is 0.561. The lowest BCUT2D eigenvalue weighted by molar-refractivity contribution is -0.286.